The predicted octanol–water partition coefficient (Wildman–Crippen LogP) is -0.256. The monoisotopic (exact) mass is 251 g/mol. The predicted molar refractivity (Wildman–Crippen MR) is 59.9 cm³/mol. The minimum Gasteiger partial charge on any atom is -0.465 e. The summed E-state index contributed by atoms with van der Waals surface area (Å²) in [5.74, 6) is -0.600. The second-order valence-corrected chi connectivity index (χ2v) is 3.97. The van der Waals surface area contributed by atoms with Gasteiger partial charge in [0.25, 0.3) is 5.91 Å². The van der Waals surface area contributed by atoms with Gasteiger partial charge in [-0.05, 0) is 31.1 Å². The van der Waals surface area contributed by atoms with Gasteiger partial charge >= 0.3 is 6.09 Å². The number of aromatic nitrogens is 3. The van der Waals surface area contributed by atoms with Crippen molar-refractivity contribution in [2.24, 2.45) is 0 Å². The van der Waals surface area contributed by atoms with Gasteiger partial charge in [0.15, 0.2) is 0 Å². The van der Waals surface area contributed by atoms with Crippen LogP contribution in [-0.2, 0) is 0 Å². The third kappa shape index (κ3) is 2.59. The van der Waals surface area contributed by atoms with Crippen LogP contribution >= 0.6 is 0 Å². The van der Waals surface area contributed by atoms with E-state index in [9.17, 15) is 14.7 Å². The van der Waals surface area contributed by atoms with E-state index in [-0.39, 0.29) is 11.6 Å². The molecule has 1 saturated heterocycles. The maximum absolute atomic E-state index is 12.1. The van der Waals surface area contributed by atoms with Gasteiger partial charge < -0.3 is 10.4 Å². The van der Waals surface area contributed by atoms with Crippen molar-refractivity contribution >= 4 is 12.0 Å². The van der Waals surface area contributed by atoms with Gasteiger partial charge in [-0.2, -0.15) is 0 Å². The zero-order valence-corrected chi connectivity index (χ0v) is 9.61. The van der Waals surface area contributed by atoms with Crippen molar-refractivity contribution in [2.45, 2.75) is 18.9 Å². The largest absolute Gasteiger partial charge is 0.465 e. The molecule has 0 saturated carbocycles. The van der Waals surface area contributed by atoms with Crippen LogP contribution in [0.2, 0.25) is 0 Å². The molecule has 2 N–H and O–H groups in total. The van der Waals surface area contributed by atoms with E-state index in [2.05, 4.69) is 20.7 Å². The Bertz CT molecular complexity index is 432. The Morgan fingerprint density at radius 3 is 2.44 bits per heavy atom. The van der Waals surface area contributed by atoms with Gasteiger partial charge in [-0.1, -0.05) is 0 Å². The third-order valence-corrected chi connectivity index (χ3v) is 2.84. The lowest BCUT2D eigenvalue weighted by Crippen LogP contribution is -2.48. The first-order valence-electron chi connectivity index (χ1n) is 5.60. The molecule has 0 unspecified atom stereocenters. The van der Waals surface area contributed by atoms with E-state index in [1.54, 1.807) is 0 Å². The zero-order chi connectivity index (χ0) is 13.0. The summed E-state index contributed by atoms with van der Waals surface area (Å²) < 4.78 is 0. The molecule has 1 aliphatic heterocycles. The van der Waals surface area contributed by atoms with Crippen LogP contribution in [0.4, 0.5) is 4.79 Å². The van der Waals surface area contributed by atoms with Crippen LogP contribution in [0, 0.1) is 0 Å². The van der Waals surface area contributed by atoms with Crippen LogP contribution in [0.25, 0.3) is 0 Å². The van der Waals surface area contributed by atoms with E-state index in [1.165, 1.54) is 12.4 Å². The summed E-state index contributed by atoms with van der Waals surface area (Å²) in [7, 11) is 0. The normalized spacial score (nSPS) is 16.2. The van der Waals surface area contributed by atoms with Crippen LogP contribution < -0.4 is 5.32 Å². The van der Waals surface area contributed by atoms with Crippen molar-refractivity contribution in [3.63, 3.8) is 0 Å². The van der Waals surface area contributed by atoms with Crippen LogP contribution in [0.3, 0.4) is 0 Å². The molecule has 1 aliphatic rings. The quantitative estimate of drug-likeness (QED) is 0.745. The zero-order valence-electron chi connectivity index (χ0n) is 9.61. The number of carbonyl (C=O) groups is 2. The SMILES string of the molecule is O=C(O)N(C(=O)c1cnnnc1)C1CCNCC1. The highest BCUT2D eigenvalue weighted by Crippen LogP contribution is 2.15. The summed E-state index contributed by atoms with van der Waals surface area (Å²) in [5.41, 5.74) is 0.130. The molecular weight excluding hydrogens is 238 g/mol. The number of rotatable bonds is 2. The second kappa shape index (κ2) is 5.50. The molecule has 2 heterocycles. The van der Waals surface area contributed by atoms with E-state index in [4.69, 9.17) is 0 Å². The average molecular weight is 251 g/mol. The first-order valence-corrected chi connectivity index (χ1v) is 5.60. The first kappa shape index (κ1) is 12.4. The highest BCUT2D eigenvalue weighted by atomic mass is 16.4. The fourth-order valence-corrected chi connectivity index (χ4v) is 1.96. The Balaban J connectivity index is 2.19. The molecule has 96 valence electrons. The number of nitrogens with zero attached hydrogens (tertiary/aromatic N) is 4. The van der Waals surface area contributed by atoms with Crippen molar-refractivity contribution in [2.75, 3.05) is 13.1 Å². The van der Waals surface area contributed by atoms with Crippen LogP contribution in [0.15, 0.2) is 12.4 Å². The highest BCUT2D eigenvalue weighted by Gasteiger charge is 2.31. The fourth-order valence-electron chi connectivity index (χ4n) is 1.96. The standard InChI is InChI=1S/C10H13N5O3/c16-9(7-5-12-14-13-6-7)15(10(17)18)8-1-3-11-4-2-8/h5-6,8,11H,1-4H2,(H,17,18). The van der Waals surface area contributed by atoms with Crippen LogP contribution in [0.5, 0.6) is 0 Å². The smallest absolute Gasteiger partial charge is 0.414 e. The molecule has 1 fully saturated rings. The molecular formula is C10H13N5O3. The fraction of sp³-hybridized carbons (Fsp3) is 0.500. The van der Waals surface area contributed by atoms with E-state index in [0.717, 1.165) is 4.90 Å². The van der Waals surface area contributed by atoms with Gasteiger partial charge in [-0.25, -0.2) is 9.69 Å². The topological polar surface area (TPSA) is 108 Å². The maximum Gasteiger partial charge on any atom is 0.414 e. The highest BCUT2D eigenvalue weighted by molar-refractivity contribution is 6.02. The first-order chi connectivity index (χ1) is 8.70. The molecule has 0 bridgehead atoms. The number of hydrogen-bond donors (Lipinski definition) is 2. The molecule has 0 aliphatic carbocycles. The van der Waals surface area contributed by atoms with Gasteiger partial charge in [0.05, 0.1) is 18.0 Å². The molecule has 0 radical (unpaired) electrons. The van der Waals surface area contributed by atoms with Gasteiger partial charge in [0, 0.05) is 6.04 Å². The molecule has 18 heavy (non-hydrogen) atoms. The summed E-state index contributed by atoms with van der Waals surface area (Å²) >= 11 is 0. The minimum atomic E-state index is -1.25. The summed E-state index contributed by atoms with van der Waals surface area (Å²) in [6, 6.07) is -0.301. The molecule has 2 rings (SSSR count). The summed E-state index contributed by atoms with van der Waals surface area (Å²) in [6.07, 6.45) is 2.41. The molecule has 1 aromatic heterocycles. The van der Waals surface area contributed by atoms with Gasteiger partial charge in [0.2, 0.25) is 0 Å². The Morgan fingerprint density at radius 2 is 1.89 bits per heavy atom. The van der Waals surface area contributed by atoms with Crippen molar-refractivity contribution < 1.29 is 14.7 Å². The number of amides is 2. The second-order valence-electron chi connectivity index (χ2n) is 3.97. The van der Waals surface area contributed by atoms with Gasteiger partial charge in [0.1, 0.15) is 0 Å². The van der Waals surface area contributed by atoms with Gasteiger partial charge in [-0.3, -0.25) is 4.79 Å². The molecule has 8 heteroatoms. The van der Waals surface area contributed by atoms with Crippen molar-refractivity contribution in [1.82, 2.24) is 25.6 Å². The summed E-state index contributed by atoms with van der Waals surface area (Å²) in [4.78, 5) is 24.2. The number of piperidine rings is 1. The van der Waals surface area contributed by atoms with E-state index in [0.29, 0.717) is 25.9 Å². The molecule has 0 aromatic carbocycles. The Hall–Kier alpha value is -2.09. The number of nitrogens with one attached hydrogen (secondary N) is 1. The molecule has 0 spiro atoms. The van der Waals surface area contributed by atoms with E-state index in [1.807, 2.05) is 0 Å². The lowest BCUT2D eigenvalue weighted by Gasteiger charge is -2.30. The molecule has 8 nitrogen and oxygen atoms in total. The Labute approximate surface area is 103 Å². The molecule has 0 atom stereocenters. The van der Waals surface area contributed by atoms with Crippen LogP contribution in [-0.4, -0.2) is 56.5 Å². The van der Waals surface area contributed by atoms with E-state index < -0.39 is 12.0 Å². The van der Waals surface area contributed by atoms with Crippen molar-refractivity contribution in [3.05, 3.63) is 18.0 Å². The molecule has 1 aromatic rings. The minimum absolute atomic E-state index is 0.130. The lowest BCUT2D eigenvalue weighted by molar-refractivity contribution is 0.0632. The average Bonchev–Trinajstić information content (AvgIpc) is 2.40. The number of carboxylic acid groups (broad SMARTS) is 1. The Kier molecular flexibility index (Phi) is 3.78. The summed E-state index contributed by atoms with van der Waals surface area (Å²) in [6.45, 7) is 1.41. The number of imide groups is 1. The van der Waals surface area contributed by atoms with E-state index >= 15 is 0 Å². The molecule has 2 amide bonds. The third-order valence-electron chi connectivity index (χ3n) is 2.84. The maximum atomic E-state index is 12.1. The number of hydrogen-bond acceptors (Lipinski definition) is 6. The van der Waals surface area contributed by atoms with Gasteiger partial charge in [-0.15, -0.1) is 10.2 Å². The van der Waals surface area contributed by atoms with Crippen molar-refractivity contribution in [1.29, 1.82) is 0 Å². The summed E-state index contributed by atoms with van der Waals surface area (Å²) in [5, 5.41) is 22.6. The van der Waals surface area contributed by atoms with Crippen molar-refractivity contribution in [3.8, 4) is 0 Å². The number of carbonyl (C=O) groups excluding carboxylic acids is 1. The Morgan fingerprint density at radius 1 is 1.28 bits per heavy atom. The van der Waals surface area contributed by atoms with Crippen LogP contribution in [0.1, 0.15) is 23.2 Å². The lowest BCUT2D eigenvalue weighted by atomic mass is 10.0.